The van der Waals surface area contributed by atoms with Gasteiger partial charge in [0.25, 0.3) is 11.5 Å². The van der Waals surface area contributed by atoms with Gasteiger partial charge < -0.3 is 25.4 Å². The van der Waals surface area contributed by atoms with E-state index in [0.29, 0.717) is 5.56 Å². The number of nitrogens with zero attached hydrogens (tertiary/aromatic N) is 1. The Morgan fingerprint density at radius 1 is 1.15 bits per heavy atom. The number of halogens is 4. The number of anilines is 1. The van der Waals surface area contributed by atoms with E-state index in [1.807, 2.05) is 5.32 Å². The van der Waals surface area contributed by atoms with Crippen LogP contribution in [0.4, 0.5) is 23.2 Å². The molecule has 0 radical (unpaired) electrons. The third kappa shape index (κ3) is 3.83. The second kappa shape index (κ2) is 7.80. The molecule has 12 heteroatoms. The number of aromatic hydroxyl groups is 1. The first kappa shape index (κ1) is 22.1. The molecule has 172 valence electrons. The second-order valence-electron chi connectivity index (χ2n) is 7.35. The molecule has 8 nitrogen and oxygen atoms in total. The Labute approximate surface area is 182 Å². The molecule has 0 saturated carbocycles. The van der Waals surface area contributed by atoms with Crippen molar-refractivity contribution >= 4 is 28.5 Å². The number of carboxylic acid groups (broad SMARTS) is 1. The van der Waals surface area contributed by atoms with Crippen LogP contribution in [-0.2, 0) is 17.5 Å². The van der Waals surface area contributed by atoms with Crippen LogP contribution in [0.5, 0.6) is 5.75 Å². The van der Waals surface area contributed by atoms with E-state index in [1.165, 1.54) is 12.1 Å². The molecule has 1 aliphatic rings. The third-order valence-electron chi connectivity index (χ3n) is 5.30. The average Bonchev–Trinajstić information content (AvgIpc) is 2.76. The molecule has 4 N–H and O–H groups in total. The van der Waals surface area contributed by atoms with Gasteiger partial charge in [0.2, 0.25) is 0 Å². The van der Waals surface area contributed by atoms with E-state index in [4.69, 9.17) is 5.11 Å². The minimum Gasteiger partial charge on any atom is -0.506 e. The van der Waals surface area contributed by atoms with E-state index in [9.17, 15) is 37.1 Å². The van der Waals surface area contributed by atoms with Crippen LogP contribution >= 0.6 is 0 Å². The largest absolute Gasteiger partial charge is 0.506 e. The number of hydrogen-bond acceptors (Lipinski definition) is 5. The highest BCUT2D eigenvalue weighted by Gasteiger charge is 2.32. The van der Waals surface area contributed by atoms with Crippen molar-refractivity contribution < 1.29 is 37.4 Å². The molecule has 33 heavy (non-hydrogen) atoms. The van der Waals surface area contributed by atoms with E-state index in [0.717, 1.165) is 28.8 Å². The number of aromatic nitrogens is 1. The maximum Gasteiger partial charge on any atom is 0.416 e. The number of aliphatic carboxylic acids is 1. The summed E-state index contributed by atoms with van der Waals surface area (Å²) in [6.07, 6.45) is -4.55. The van der Waals surface area contributed by atoms with Gasteiger partial charge in [-0.2, -0.15) is 13.2 Å². The standard InChI is InChI=1S/C21H15F4N3O5/c22-12-6-5-11-17-16(12)27-13(9-1-3-10(4-2-9)21(23,24)25)8-28(17)20(33)15(18(11)31)19(32)26-7-14(29)30/h1-6,13,27,31H,7-8H2,(H,26,32)(H,29,30). The number of pyridine rings is 1. The van der Waals surface area contributed by atoms with Crippen LogP contribution in [0.2, 0.25) is 0 Å². The number of carbonyl (C=O) groups is 2. The van der Waals surface area contributed by atoms with Crippen molar-refractivity contribution in [3.8, 4) is 5.75 Å². The van der Waals surface area contributed by atoms with Crippen LogP contribution in [0.1, 0.15) is 27.5 Å². The van der Waals surface area contributed by atoms with Gasteiger partial charge in [0.05, 0.1) is 29.4 Å². The molecule has 1 aliphatic heterocycles. The number of carboxylic acids is 1. The molecule has 4 rings (SSSR count). The maximum absolute atomic E-state index is 14.6. The Morgan fingerprint density at radius 2 is 1.82 bits per heavy atom. The Kier molecular flexibility index (Phi) is 5.23. The van der Waals surface area contributed by atoms with Crippen LogP contribution in [0.15, 0.2) is 41.2 Å². The summed E-state index contributed by atoms with van der Waals surface area (Å²) in [6, 6.07) is 5.41. The second-order valence-corrected chi connectivity index (χ2v) is 7.35. The molecule has 0 bridgehead atoms. The van der Waals surface area contributed by atoms with Gasteiger partial charge in [0, 0.05) is 5.39 Å². The van der Waals surface area contributed by atoms with Crippen molar-refractivity contribution in [3.05, 3.63) is 69.3 Å². The topological polar surface area (TPSA) is 121 Å². The highest BCUT2D eigenvalue weighted by Crippen LogP contribution is 2.39. The maximum atomic E-state index is 14.6. The summed E-state index contributed by atoms with van der Waals surface area (Å²) < 4.78 is 54.3. The monoisotopic (exact) mass is 465 g/mol. The van der Waals surface area contributed by atoms with Gasteiger partial charge in [-0.05, 0) is 29.8 Å². The Hall–Kier alpha value is -4.09. The molecule has 2 heterocycles. The van der Waals surface area contributed by atoms with Gasteiger partial charge in [0.1, 0.15) is 23.7 Å². The van der Waals surface area contributed by atoms with Crippen LogP contribution in [0.3, 0.4) is 0 Å². The molecule has 3 aromatic rings. The minimum atomic E-state index is -4.55. The predicted molar refractivity (Wildman–Crippen MR) is 108 cm³/mol. The fourth-order valence-electron chi connectivity index (χ4n) is 3.77. The molecule has 0 saturated heterocycles. The Balaban J connectivity index is 1.84. The molecule has 1 unspecified atom stereocenters. The smallest absolute Gasteiger partial charge is 0.416 e. The molecule has 0 aliphatic carbocycles. The lowest BCUT2D eigenvalue weighted by atomic mass is 9.99. The van der Waals surface area contributed by atoms with E-state index in [2.05, 4.69) is 5.32 Å². The van der Waals surface area contributed by atoms with Crippen molar-refractivity contribution in [2.75, 3.05) is 11.9 Å². The highest BCUT2D eigenvalue weighted by atomic mass is 19.4. The number of amides is 1. The summed E-state index contributed by atoms with van der Waals surface area (Å²) >= 11 is 0. The van der Waals surface area contributed by atoms with Crippen molar-refractivity contribution in [2.24, 2.45) is 0 Å². The van der Waals surface area contributed by atoms with Gasteiger partial charge in [0.15, 0.2) is 0 Å². The summed E-state index contributed by atoms with van der Waals surface area (Å²) in [5.74, 6) is -4.04. The summed E-state index contributed by atoms with van der Waals surface area (Å²) in [4.78, 5) is 36.2. The molecular formula is C21H15F4N3O5. The lowest BCUT2D eigenvalue weighted by Gasteiger charge is -2.30. The predicted octanol–water partition coefficient (Wildman–Crippen LogP) is 2.85. The molecule has 2 aromatic carbocycles. The quantitative estimate of drug-likeness (QED) is 0.440. The number of benzene rings is 2. The molecule has 0 spiro atoms. The van der Waals surface area contributed by atoms with Gasteiger partial charge >= 0.3 is 12.1 Å². The number of hydrogen-bond donors (Lipinski definition) is 4. The van der Waals surface area contributed by atoms with Crippen molar-refractivity contribution in [3.63, 3.8) is 0 Å². The SMILES string of the molecule is O=C(O)CNC(=O)c1c(O)c2ccc(F)c3c2n(c1=O)CC(c1ccc(C(F)(F)F)cc1)N3. The Morgan fingerprint density at radius 3 is 2.42 bits per heavy atom. The van der Waals surface area contributed by atoms with Gasteiger partial charge in [-0.1, -0.05) is 12.1 Å². The van der Waals surface area contributed by atoms with Crippen molar-refractivity contribution in [2.45, 2.75) is 18.8 Å². The molecular weight excluding hydrogens is 450 g/mol. The first-order valence-electron chi connectivity index (χ1n) is 9.50. The Bertz CT molecular complexity index is 1350. The van der Waals surface area contributed by atoms with Crippen LogP contribution in [-0.4, -0.2) is 33.2 Å². The number of carbonyl (C=O) groups excluding carboxylic acids is 1. The lowest BCUT2D eigenvalue weighted by molar-refractivity contribution is -0.138. The zero-order valence-corrected chi connectivity index (χ0v) is 16.5. The summed E-state index contributed by atoms with van der Waals surface area (Å²) in [6.45, 7) is -1.00. The van der Waals surface area contributed by atoms with Gasteiger partial charge in [-0.15, -0.1) is 0 Å². The fourth-order valence-corrected chi connectivity index (χ4v) is 3.77. The number of alkyl halides is 3. The van der Waals surface area contributed by atoms with E-state index in [-0.39, 0.29) is 23.1 Å². The fraction of sp³-hybridized carbons (Fsp3) is 0.190. The summed E-state index contributed by atoms with van der Waals surface area (Å²) in [7, 11) is 0. The summed E-state index contributed by atoms with van der Waals surface area (Å²) in [5.41, 5.74) is -2.50. The number of rotatable bonds is 4. The van der Waals surface area contributed by atoms with Crippen molar-refractivity contribution in [1.29, 1.82) is 0 Å². The lowest BCUT2D eigenvalue weighted by Crippen LogP contribution is -2.38. The average molecular weight is 465 g/mol. The first-order valence-corrected chi connectivity index (χ1v) is 9.50. The van der Waals surface area contributed by atoms with E-state index >= 15 is 0 Å². The third-order valence-corrected chi connectivity index (χ3v) is 5.30. The number of nitrogens with one attached hydrogen (secondary N) is 2. The molecule has 1 amide bonds. The van der Waals surface area contributed by atoms with Gasteiger partial charge in [-0.3, -0.25) is 14.4 Å². The normalized spacial score (nSPS) is 15.2. The van der Waals surface area contributed by atoms with Gasteiger partial charge in [-0.25, -0.2) is 4.39 Å². The van der Waals surface area contributed by atoms with Crippen molar-refractivity contribution in [1.82, 2.24) is 9.88 Å². The zero-order valence-electron chi connectivity index (χ0n) is 16.5. The summed E-state index contributed by atoms with van der Waals surface area (Å²) in [5, 5.41) is 24.1. The van der Waals surface area contributed by atoms with Crippen LogP contribution in [0, 0.1) is 5.82 Å². The van der Waals surface area contributed by atoms with E-state index < -0.39 is 58.9 Å². The first-order chi connectivity index (χ1) is 15.5. The molecule has 1 atom stereocenters. The van der Waals surface area contributed by atoms with Crippen LogP contribution in [0.25, 0.3) is 10.9 Å². The zero-order chi connectivity index (χ0) is 24.1. The van der Waals surface area contributed by atoms with E-state index in [1.54, 1.807) is 0 Å². The van der Waals surface area contributed by atoms with Crippen LogP contribution < -0.4 is 16.2 Å². The minimum absolute atomic E-state index is 0.0320. The highest BCUT2D eigenvalue weighted by molar-refractivity contribution is 6.05. The molecule has 1 aromatic heterocycles. The molecule has 0 fully saturated rings.